The number of halogens is 2. The fourth-order valence-corrected chi connectivity index (χ4v) is 2.00. The summed E-state index contributed by atoms with van der Waals surface area (Å²) >= 11 is 6.10. The van der Waals surface area contributed by atoms with Gasteiger partial charge in [-0.25, -0.2) is 4.39 Å². The van der Waals surface area contributed by atoms with Gasteiger partial charge in [0.1, 0.15) is 5.82 Å². The van der Waals surface area contributed by atoms with E-state index in [1.54, 1.807) is 43.3 Å². The van der Waals surface area contributed by atoms with E-state index in [1.165, 1.54) is 6.07 Å². The average molecular weight is 307 g/mol. The molecule has 0 bridgehead atoms. The van der Waals surface area contributed by atoms with Crippen molar-refractivity contribution in [3.8, 4) is 0 Å². The molecule has 0 saturated carbocycles. The van der Waals surface area contributed by atoms with Crippen LogP contribution in [0.25, 0.3) is 0 Å². The molecule has 2 N–H and O–H groups in total. The summed E-state index contributed by atoms with van der Waals surface area (Å²) in [5.41, 5.74) is 1.85. The third-order valence-corrected chi connectivity index (χ3v) is 3.33. The topological polar surface area (TPSA) is 41.1 Å². The lowest BCUT2D eigenvalue weighted by Gasteiger charge is -2.11. The van der Waals surface area contributed by atoms with Gasteiger partial charge in [0, 0.05) is 24.2 Å². The Labute approximate surface area is 128 Å². The van der Waals surface area contributed by atoms with Crippen LogP contribution < -0.4 is 10.6 Å². The number of anilines is 2. The summed E-state index contributed by atoms with van der Waals surface area (Å²) in [4.78, 5) is 11.4. The summed E-state index contributed by atoms with van der Waals surface area (Å²) < 4.78 is 13.6. The Hall–Kier alpha value is -2.07. The number of rotatable bonds is 5. The minimum Gasteiger partial charge on any atom is -0.380 e. The smallest absolute Gasteiger partial charge is 0.224 e. The number of nitrogens with one attached hydrogen (secondary N) is 2. The highest BCUT2D eigenvalue weighted by Gasteiger charge is 2.06. The van der Waals surface area contributed by atoms with Crippen molar-refractivity contribution in [3.05, 3.63) is 58.9 Å². The molecule has 0 spiro atoms. The number of hydrogen-bond donors (Lipinski definition) is 2. The van der Waals surface area contributed by atoms with Crippen LogP contribution in [0.4, 0.5) is 15.8 Å². The molecule has 0 fully saturated rings. The Bertz CT molecular complexity index is 646. The second-order valence-electron chi connectivity index (χ2n) is 4.54. The number of amides is 1. The van der Waals surface area contributed by atoms with Crippen LogP contribution in [0.15, 0.2) is 42.5 Å². The summed E-state index contributed by atoms with van der Waals surface area (Å²) in [6.45, 7) is 2.10. The van der Waals surface area contributed by atoms with Crippen LogP contribution in [0, 0.1) is 5.82 Å². The van der Waals surface area contributed by atoms with Crippen molar-refractivity contribution >= 4 is 28.9 Å². The van der Waals surface area contributed by atoms with Gasteiger partial charge in [0.2, 0.25) is 5.91 Å². The number of carbonyl (C=O) groups excluding carboxylic acids is 1. The third-order valence-electron chi connectivity index (χ3n) is 3.00. The Morgan fingerprint density at radius 1 is 1.24 bits per heavy atom. The molecule has 0 radical (unpaired) electrons. The van der Waals surface area contributed by atoms with Gasteiger partial charge in [-0.15, -0.1) is 0 Å². The molecule has 0 aliphatic carbocycles. The molecule has 2 aromatic rings. The first-order valence-corrected chi connectivity index (χ1v) is 7.04. The zero-order valence-electron chi connectivity index (χ0n) is 11.6. The minimum atomic E-state index is -0.267. The fraction of sp³-hybridized carbons (Fsp3) is 0.188. The molecule has 0 aliphatic heterocycles. The predicted octanol–water partition coefficient (Wildman–Crippen LogP) is 4.44. The standard InChI is InChI=1S/C16H16ClFN2O/c1-2-16(21)20-12-7-8-13(17)15(9-12)19-10-11-5-3-4-6-14(11)18/h3-9,19H,2,10H2,1H3,(H,20,21). The maximum atomic E-state index is 13.6. The Balaban J connectivity index is 2.10. The first-order valence-electron chi connectivity index (χ1n) is 6.67. The quantitative estimate of drug-likeness (QED) is 0.857. The highest BCUT2D eigenvalue weighted by molar-refractivity contribution is 6.33. The average Bonchev–Trinajstić information content (AvgIpc) is 2.49. The zero-order chi connectivity index (χ0) is 15.2. The first kappa shape index (κ1) is 15.3. The monoisotopic (exact) mass is 306 g/mol. The maximum Gasteiger partial charge on any atom is 0.224 e. The van der Waals surface area contributed by atoms with Crippen molar-refractivity contribution < 1.29 is 9.18 Å². The lowest BCUT2D eigenvalue weighted by atomic mass is 10.2. The molecule has 0 heterocycles. The van der Waals surface area contributed by atoms with Crippen molar-refractivity contribution in [3.63, 3.8) is 0 Å². The molecule has 3 nitrogen and oxygen atoms in total. The van der Waals surface area contributed by atoms with Crippen LogP contribution >= 0.6 is 11.6 Å². The highest BCUT2D eigenvalue weighted by Crippen LogP contribution is 2.26. The van der Waals surface area contributed by atoms with Crippen LogP contribution in [0.2, 0.25) is 5.02 Å². The number of benzene rings is 2. The molecule has 0 atom stereocenters. The van der Waals surface area contributed by atoms with Gasteiger partial charge in [-0.1, -0.05) is 36.7 Å². The minimum absolute atomic E-state index is 0.0719. The van der Waals surface area contributed by atoms with Crippen molar-refractivity contribution in [1.29, 1.82) is 0 Å². The van der Waals surface area contributed by atoms with Gasteiger partial charge in [0.05, 0.1) is 10.7 Å². The zero-order valence-corrected chi connectivity index (χ0v) is 12.4. The van der Waals surface area contributed by atoms with Gasteiger partial charge >= 0.3 is 0 Å². The fourth-order valence-electron chi connectivity index (χ4n) is 1.82. The van der Waals surface area contributed by atoms with Gasteiger partial charge in [0.15, 0.2) is 0 Å². The van der Waals surface area contributed by atoms with Gasteiger partial charge in [-0.05, 0) is 24.3 Å². The molecule has 21 heavy (non-hydrogen) atoms. The molecule has 0 unspecified atom stereocenters. The molecule has 2 rings (SSSR count). The summed E-state index contributed by atoms with van der Waals surface area (Å²) in [7, 11) is 0. The Morgan fingerprint density at radius 3 is 2.71 bits per heavy atom. The van der Waals surface area contributed by atoms with Crippen molar-refractivity contribution in [1.82, 2.24) is 0 Å². The summed E-state index contributed by atoms with van der Waals surface area (Å²) in [6, 6.07) is 11.7. The van der Waals surface area contributed by atoms with E-state index in [2.05, 4.69) is 10.6 Å². The molecule has 1 amide bonds. The van der Waals surface area contributed by atoms with Gasteiger partial charge in [-0.3, -0.25) is 4.79 Å². The molecule has 0 saturated heterocycles. The molecule has 5 heteroatoms. The largest absolute Gasteiger partial charge is 0.380 e. The van der Waals surface area contributed by atoms with Crippen LogP contribution in [-0.2, 0) is 11.3 Å². The second-order valence-corrected chi connectivity index (χ2v) is 4.95. The normalized spacial score (nSPS) is 10.2. The van der Waals surface area contributed by atoms with E-state index in [9.17, 15) is 9.18 Å². The molecular formula is C16H16ClFN2O. The van der Waals surface area contributed by atoms with Gasteiger partial charge in [0.25, 0.3) is 0 Å². The molecule has 0 aliphatic rings. The second kappa shape index (κ2) is 7.09. The molecule has 0 aromatic heterocycles. The van der Waals surface area contributed by atoms with Crippen LogP contribution in [-0.4, -0.2) is 5.91 Å². The van der Waals surface area contributed by atoms with E-state index in [1.807, 2.05) is 0 Å². The number of hydrogen-bond acceptors (Lipinski definition) is 2. The first-order chi connectivity index (χ1) is 10.1. The van der Waals surface area contributed by atoms with Gasteiger partial charge in [-0.2, -0.15) is 0 Å². The van der Waals surface area contributed by atoms with E-state index in [4.69, 9.17) is 11.6 Å². The van der Waals surface area contributed by atoms with E-state index >= 15 is 0 Å². The van der Waals surface area contributed by atoms with Crippen molar-refractivity contribution in [2.45, 2.75) is 19.9 Å². The SMILES string of the molecule is CCC(=O)Nc1ccc(Cl)c(NCc2ccccc2F)c1. The highest BCUT2D eigenvalue weighted by atomic mass is 35.5. The number of carbonyl (C=O) groups is 1. The molecular weight excluding hydrogens is 291 g/mol. The van der Waals surface area contributed by atoms with E-state index < -0.39 is 0 Å². The predicted molar refractivity (Wildman–Crippen MR) is 84.1 cm³/mol. The van der Waals surface area contributed by atoms with E-state index in [0.717, 1.165) is 0 Å². The van der Waals surface area contributed by atoms with Gasteiger partial charge < -0.3 is 10.6 Å². The van der Waals surface area contributed by atoms with Crippen LogP contribution in [0.1, 0.15) is 18.9 Å². The van der Waals surface area contributed by atoms with Crippen molar-refractivity contribution in [2.75, 3.05) is 10.6 Å². The van der Waals surface area contributed by atoms with Crippen molar-refractivity contribution in [2.24, 2.45) is 0 Å². The van der Waals surface area contributed by atoms with Crippen LogP contribution in [0.3, 0.4) is 0 Å². The maximum absolute atomic E-state index is 13.6. The summed E-state index contributed by atoms with van der Waals surface area (Å²) in [5, 5.41) is 6.35. The Morgan fingerprint density at radius 2 is 2.00 bits per heavy atom. The lowest BCUT2D eigenvalue weighted by molar-refractivity contribution is -0.115. The Kier molecular flexibility index (Phi) is 5.17. The molecule has 110 valence electrons. The summed E-state index contributed by atoms with van der Waals surface area (Å²) in [6.07, 6.45) is 0.403. The molecule has 2 aromatic carbocycles. The van der Waals surface area contributed by atoms with E-state index in [0.29, 0.717) is 34.9 Å². The summed E-state index contributed by atoms with van der Waals surface area (Å²) in [5.74, 6) is -0.339. The van der Waals surface area contributed by atoms with Crippen LogP contribution in [0.5, 0.6) is 0 Å². The lowest BCUT2D eigenvalue weighted by Crippen LogP contribution is -2.10. The third kappa shape index (κ3) is 4.20. The van der Waals surface area contributed by atoms with E-state index in [-0.39, 0.29) is 11.7 Å².